The lowest BCUT2D eigenvalue weighted by atomic mass is 10.1. The number of anilines is 1. The highest BCUT2D eigenvalue weighted by atomic mass is 35.5. The summed E-state index contributed by atoms with van der Waals surface area (Å²) in [6, 6.07) is 12.1. The summed E-state index contributed by atoms with van der Waals surface area (Å²) in [6.45, 7) is 6.93. The van der Waals surface area contributed by atoms with E-state index in [0.29, 0.717) is 20.8 Å². The highest BCUT2D eigenvalue weighted by Gasteiger charge is 2.14. The van der Waals surface area contributed by atoms with Gasteiger partial charge in [-0.15, -0.1) is 0 Å². The lowest BCUT2D eigenvalue weighted by Gasteiger charge is -2.27. The van der Waals surface area contributed by atoms with E-state index in [9.17, 15) is 0 Å². The Morgan fingerprint density at radius 2 is 1.54 bits per heavy atom. The second kappa shape index (κ2) is 11.0. The van der Waals surface area contributed by atoms with Gasteiger partial charge in [-0.05, 0) is 77.2 Å². The van der Waals surface area contributed by atoms with Crippen molar-refractivity contribution in [3.05, 3.63) is 63.1 Å². The number of unbranched alkanes of at least 4 members (excludes halogenated alkanes) is 1. The number of nitrogens with one attached hydrogen (secondary N) is 1. The minimum Gasteiger partial charge on any atom is -0.345 e. The molecule has 2 rings (SSSR count). The third kappa shape index (κ3) is 7.25. The Balaban J connectivity index is 2.15. The van der Waals surface area contributed by atoms with Gasteiger partial charge in [-0.2, -0.15) is 0 Å². The Labute approximate surface area is 184 Å². The molecule has 0 aliphatic heterocycles. The molecule has 152 valence electrons. The first-order valence-electron chi connectivity index (χ1n) is 9.48. The highest BCUT2D eigenvalue weighted by Crippen LogP contribution is 2.30. The number of halogens is 2. The Bertz CT molecular complexity index is 768. The smallest absolute Gasteiger partial charge is 0.173 e. The first kappa shape index (κ1) is 23.0. The van der Waals surface area contributed by atoms with Crippen molar-refractivity contribution in [2.75, 3.05) is 32.5 Å². The lowest BCUT2D eigenvalue weighted by Crippen LogP contribution is -2.35. The molecule has 0 saturated heterocycles. The standard InChI is InChI=1S/C22H29Cl2N3S/c1-16-12-17(2)14-18(13-16)15-27(11-6-5-10-26(3)4)22(28)25-21-19(23)8-7-9-20(21)24/h7-9,12-14H,5-6,10-11,15H2,1-4H3,(H,25,28). The van der Waals surface area contributed by atoms with Gasteiger partial charge in [0.2, 0.25) is 0 Å². The average molecular weight is 438 g/mol. The van der Waals surface area contributed by atoms with E-state index in [1.165, 1.54) is 16.7 Å². The van der Waals surface area contributed by atoms with Crippen molar-refractivity contribution >= 4 is 46.2 Å². The second-order valence-corrected chi connectivity index (χ2v) is 8.66. The van der Waals surface area contributed by atoms with Gasteiger partial charge in [0.1, 0.15) is 0 Å². The SMILES string of the molecule is Cc1cc(C)cc(CN(CCCCN(C)C)C(=S)Nc2c(Cl)cccc2Cl)c1. The molecule has 0 aliphatic carbocycles. The van der Waals surface area contributed by atoms with E-state index in [0.717, 1.165) is 32.5 Å². The van der Waals surface area contributed by atoms with Crippen LogP contribution in [0.15, 0.2) is 36.4 Å². The van der Waals surface area contributed by atoms with Crippen LogP contribution in [0.1, 0.15) is 29.5 Å². The fourth-order valence-corrected chi connectivity index (χ4v) is 3.92. The number of benzene rings is 2. The first-order valence-corrected chi connectivity index (χ1v) is 10.6. The maximum absolute atomic E-state index is 6.31. The zero-order valence-electron chi connectivity index (χ0n) is 17.1. The Hall–Kier alpha value is -1.33. The quantitative estimate of drug-likeness (QED) is 0.393. The van der Waals surface area contributed by atoms with Crippen LogP contribution in [-0.4, -0.2) is 42.1 Å². The Morgan fingerprint density at radius 1 is 0.964 bits per heavy atom. The van der Waals surface area contributed by atoms with Crippen LogP contribution < -0.4 is 5.32 Å². The van der Waals surface area contributed by atoms with E-state index in [4.69, 9.17) is 35.4 Å². The fourth-order valence-electron chi connectivity index (χ4n) is 3.17. The average Bonchev–Trinajstić information content (AvgIpc) is 2.59. The number of thiocarbonyl (C=S) groups is 1. The molecule has 0 aliphatic rings. The normalized spacial score (nSPS) is 11.0. The Kier molecular flexibility index (Phi) is 9.03. The molecule has 6 heteroatoms. The van der Waals surface area contributed by atoms with Crippen LogP contribution in [0.5, 0.6) is 0 Å². The minimum atomic E-state index is 0.564. The van der Waals surface area contributed by atoms with Crippen LogP contribution in [0.25, 0.3) is 0 Å². The van der Waals surface area contributed by atoms with Crippen LogP contribution >= 0.6 is 35.4 Å². The van der Waals surface area contributed by atoms with Crippen molar-refractivity contribution in [1.82, 2.24) is 9.80 Å². The Morgan fingerprint density at radius 3 is 2.11 bits per heavy atom. The summed E-state index contributed by atoms with van der Waals surface area (Å²) >= 11 is 18.4. The summed E-state index contributed by atoms with van der Waals surface area (Å²) in [5.74, 6) is 0. The van der Waals surface area contributed by atoms with Gasteiger partial charge in [0.25, 0.3) is 0 Å². The van der Waals surface area contributed by atoms with Crippen LogP contribution in [0.3, 0.4) is 0 Å². The van der Waals surface area contributed by atoms with E-state index < -0.39 is 0 Å². The molecule has 0 heterocycles. The van der Waals surface area contributed by atoms with E-state index in [-0.39, 0.29) is 0 Å². The third-order valence-electron chi connectivity index (χ3n) is 4.42. The maximum Gasteiger partial charge on any atom is 0.173 e. The number of hydrogen-bond donors (Lipinski definition) is 1. The first-order chi connectivity index (χ1) is 13.3. The molecule has 0 spiro atoms. The molecule has 2 aromatic rings. The molecular formula is C22H29Cl2N3S. The molecule has 0 radical (unpaired) electrons. The zero-order chi connectivity index (χ0) is 20.7. The molecule has 0 atom stereocenters. The summed E-state index contributed by atoms with van der Waals surface area (Å²) in [6.07, 6.45) is 2.17. The molecule has 0 aromatic heterocycles. The highest BCUT2D eigenvalue weighted by molar-refractivity contribution is 7.80. The van der Waals surface area contributed by atoms with Crippen molar-refractivity contribution < 1.29 is 0 Å². The lowest BCUT2D eigenvalue weighted by molar-refractivity contribution is 0.359. The van der Waals surface area contributed by atoms with Gasteiger partial charge in [-0.3, -0.25) is 0 Å². The monoisotopic (exact) mass is 437 g/mol. The van der Waals surface area contributed by atoms with Gasteiger partial charge in [0, 0.05) is 13.1 Å². The summed E-state index contributed by atoms with van der Waals surface area (Å²) in [5.41, 5.74) is 4.43. The molecule has 0 fully saturated rings. The minimum absolute atomic E-state index is 0.564. The molecule has 2 aromatic carbocycles. The third-order valence-corrected chi connectivity index (χ3v) is 5.41. The molecule has 0 unspecified atom stereocenters. The number of nitrogens with zero attached hydrogens (tertiary/aromatic N) is 2. The van der Waals surface area contributed by atoms with Crippen molar-refractivity contribution in [3.8, 4) is 0 Å². The molecule has 3 nitrogen and oxygen atoms in total. The number of para-hydroxylation sites is 1. The van der Waals surface area contributed by atoms with Crippen molar-refractivity contribution in [1.29, 1.82) is 0 Å². The van der Waals surface area contributed by atoms with Gasteiger partial charge in [-0.1, -0.05) is 58.6 Å². The van der Waals surface area contributed by atoms with Crippen LogP contribution in [0, 0.1) is 13.8 Å². The molecule has 0 saturated carbocycles. The van der Waals surface area contributed by atoms with Gasteiger partial charge in [0.15, 0.2) is 5.11 Å². The molecular weight excluding hydrogens is 409 g/mol. The summed E-state index contributed by atoms with van der Waals surface area (Å²) in [5, 5.41) is 5.03. The van der Waals surface area contributed by atoms with Crippen molar-refractivity contribution in [3.63, 3.8) is 0 Å². The second-order valence-electron chi connectivity index (χ2n) is 7.45. The van der Waals surface area contributed by atoms with E-state index >= 15 is 0 Å². The fraction of sp³-hybridized carbons (Fsp3) is 0.409. The van der Waals surface area contributed by atoms with E-state index in [2.05, 4.69) is 61.3 Å². The summed E-state index contributed by atoms with van der Waals surface area (Å²) in [4.78, 5) is 4.40. The van der Waals surface area contributed by atoms with Crippen molar-refractivity contribution in [2.24, 2.45) is 0 Å². The van der Waals surface area contributed by atoms with Gasteiger partial charge < -0.3 is 15.1 Å². The number of hydrogen-bond acceptors (Lipinski definition) is 2. The van der Waals surface area contributed by atoms with Gasteiger partial charge in [-0.25, -0.2) is 0 Å². The van der Waals surface area contributed by atoms with Crippen LogP contribution in [0.2, 0.25) is 10.0 Å². The largest absolute Gasteiger partial charge is 0.345 e. The predicted octanol–water partition coefficient (Wildman–Crippen LogP) is 6.15. The summed E-state index contributed by atoms with van der Waals surface area (Å²) < 4.78 is 0. The molecule has 28 heavy (non-hydrogen) atoms. The topological polar surface area (TPSA) is 18.5 Å². The predicted molar refractivity (Wildman–Crippen MR) is 127 cm³/mol. The van der Waals surface area contributed by atoms with Gasteiger partial charge in [0.05, 0.1) is 15.7 Å². The van der Waals surface area contributed by atoms with E-state index in [1.54, 1.807) is 0 Å². The van der Waals surface area contributed by atoms with Gasteiger partial charge >= 0.3 is 0 Å². The molecule has 1 N–H and O–H groups in total. The molecule has 0 bridgehead atoms. The summed E-state index contributed by atoms with van der Waals surface area (Å²) in [7, 11) is 4.19. The van der Waals surface area contributed by atoms with Crippen LogP contribution in [0.4, 0.5) is 5.69 Å². The van der Waals surface area contributed by atoms with Crippen LogP contribution in [-0.2, 0) is 6.54 Å². The zero-order valence-corrected chi connectivity index (χ0v) is 19.4. The van der Waals surface area contributed by atoms with Crippen molar-refractivity contribution in [2.45, 2.75) is 33.2 Å². The van der Waals surface area contributed by atoms with E-state index in [1.807, 2.05) is 18.2 Å². The molecule has 0 amide bonds. The number of rotatable bonds is 8. The number of aryl methyl sites for hydroxylation is 2. The maximum atomic E-state index is 6.31.